The Kier molecular flexibility index (Phi) is 9.76. The average Bonchev–Trinajstić information content (AvgIpc) is 2.96. The summed E-state index contributed by atoms with van der Waals surface area (Å²) in [5.41, 5.74) is 3.28. The third kappa shape index (κ3) is 6.93. The molecule has 41 heavy (non-hydrogen) atoms. The van der Waals surface area contributed by atoms with Gasteiger partial charge in [0.1, 0.15) is 5.75 Å². The van der Waals surface area contributed by atoms with Crippen molar-refractivity contribution in [3.8, 4) is 17.0 Å². The van der Waals surface area contributed by atoms with E-state index in [-0.39, 0.29) is 25.3 Å². The number of para-hydroxylation sites is 1. The molecule has 0 saturated carbocycles. The molecule has 2 unspecified atom stereocenters. The molecule has 0 fully saturated rings. The molecule has 4 rings (SSSR count). The molecule has 0 aliphatic carbocycles. The standard InChI is InChI=1S/C33H34BrFN2O4/c1-5-11-28(35)41-29(38)19-33(3,25-14-9-10-15-27(25)40-4)20-36-32(39)30-21(2)31(22-12-7-6-8-13-22)37-26-17-16-23(34)18-24(26)30/h6-10,12-18,28H,5,11,19-20H2,1-4H3,(H,36,39). The van der Waals surface area contributed by atoms with Crippen molar-refractivity contribution < 1.29 is 23.5 Å². The largest absolute Gasteiger partial charge is 0.496 e. The highest BCUT2D eigenvalue weighted by Gasteiger charge is 2.35. The molecule has 2 atom stereocenters. The van der Waals surface area contributed by atoms with Gasteiger partial charge in [-0.2, -0.15) is 0 Å². The maximum atomic E-state index is 14.2. The minimum absolute atomic E-state index is 0.0734. The number of aromatic nitrogens is 1. The number of amides is 1. The second kappa shape index (κ2) is 13.3. The fourth-order valence-electron chi connectivity index (χ4n) is 5.05. The molecule has 3 aromatic carbocycles. The van der Waals surface area contributed by atoms with E-state index in [1.54, 1.807) is 13.2 Å². The van der Waals surface area contributed by atoms with E-state index in [9.17, 15) is 14.0 Å². The minimum atomic E-state index is -1.68. The number of carbonyl (C=O) groups excluding carboxylic acids is 2. The lowest BCUT2D eigenvalue weighted by atomic mass is 9.78. The summed E-state index contributed by atoms with van der Waals surface area (Å²) in [5.74, 6) is -0.438. The first-order valence-corrected chi connectivity index (χ1v) is 14.4. The molecule has 0 radical (unpaired) electrons. The number of nitrogens with zero attached hydrogens (tertiary/aromatic N) is 1. The van der Waals surface area contributed by atoms with Gasteiger partial charge in [0, 0.05) is 39.4 Å². The third-order valence-electron chi connectivity index (χ3n) is 7.17. The summed E-state index contributed by atoms with van der Waals surface area (Å²) in [7, 11) is 1.55. The smallest absolute Gasteiger partial charge is 0.309 e. The number of nitrogens with one attached hydrogen (secondary N) is 1. The molecule has 6 nitrogen and oxygen atoms in total. The highest BCUT2D eigenvalue weighted by atomic mass is 79.9. The number of pyridine rings is 1. The first-order chi connectivity index (χ1) is 19.7. The number of benzene rings is 3. The first-order valence-electron chi connectivity index (χ1n) is 13.6. The van der Waals surface area contributed by atoms with Crippen molar-refractivity contribution in [3.05, 3.63) is 94.0 Å². The molecular formula is C33H34BrFN2O4. The second-order valence-corrected chi connectivity index (χ2v) is 11.2. The zero-order valence-corrected chi connectivity index (χ0v) is 25.3. The molecule has 1 heterocycles. The fourth-order valence-corrected chi connectivity index (χ4v) is 5.41. The summed E-state index contributed by atoms with van der Waals surface area (Å²) in [6, 6.07) is 22.7. The zero-order chi connectivity index (χ0) is 29.6. The Balaban J connectivity index is 1.72. The molecule has 0 saturated heterocycles. The quantitative estimate of drug-likeness (QED) is 0.174. The van der Waals surface area contributed by atoms with Crippen molar-refractivity contribution in [1.82, 2.24) is 10.3 Å². The molecule has 4 aromatic rings. The van der Waals surface area contributed by atoms with Crippen LogP contribution < -0.4 is 10.1 Å². The average molecular weight is 622 g/mol. The van der Waals surface area contributed by atoms with E-state index >= 15 is 0 Å². The Morgan fingerprint density at radius 2 is 1.78 bits per heavy atom. The van der Waals surface area contributed by atoms with Crippen LogP contribution in [0.25, 0.3) is 22.2 Å². The van der Waals surface area contributed by atoms with Crippen LogP contribution in [0.4, 0.5) is 4.39 Å². The number of ether oxygens (including phenoxy) is 2. The van der Waals surface area contributed by atoms with Gasteiger partial charge in [0.05, 0.1) is 30.3 Å². The van der Waals surface area contributed by atoms with Crippen molar-refractivity contribution in [2.75, 3.05) is 13.7 Å². The summed E-state index contributed by atoms with van der Waals surface area (Å²) in [4.78, 5) is 31.7. The van der Waals surface area contributed by atoms with Crippen LogP contribution in [0.15, 0.2) is 77.3 Å². The fraction of sp³-hybridized carbons (Fsp3) is 0.303. The molecule has 0 aliphatic rings. The van der Waals surface area contributed by atoms with Crippen LogP contribution in [0.5, 0.6) is 5.75 Å². The lowest BCUT2D eigenvalue weighted by molar-refractivity contribution is -0.159. The van der Waals surface area contributed by atoms with E-state index in [4.69, 9.17) is 14.5 Å². The van der Waals surface area contributed by atoms with Crippen molar-refractivity contribution in [2.45, 2.75) is 51.8 Å². The second-order valence-electron chi connectivity index (χ2n) is 10.3. The van der Waals surface area contributed by atoms with E-state index in [1.165, 1.54) is 0 Å². The maximum Gasteiger partial charge on any atom is 0.309 e. The van der Waals surface area contributed by atoms with Crippen LogP contribution in [0.1, 0.15) is 54.6 Å². The minimum Gasteiger partial charge on any atom is -0.496 e. The lowest BCUT2D eigenvalue weighted by Crippen LogP contribution is -2.41. The summed E-state index contributed by atoms with van der Waals surface area (Å²) < 4.78 is 25.6. The predicted octanol–water partition coefficient (Wildman–Crippen LogP) is 7.70. The van der Waals surface area contributed by atoms with E-state index in [2.05, 4.69) is 21.2 Å². The number of fused-ring (bicyclic) bond motifs is 1. The molecule has 214 valence electrons. The number of rotatable bonds is 11. The SMILES string of the molecule is CCCC(F)OC(=O)CC(C)(CNC(=O)c1c(C)c(-c2ccccc2)nc2ccc(Br)cc12)c1ccccc1OC. The molecule has 0 aliphatic heterocycles. The van der Waals surface area contributed by atoms with E-state index in [1.807, 2.05) is 87.5 Å². The van der Waals surface area contributed by atoms with E-state index in [0.29, 0.717) is 39.9 Å². The Morgan fingerprint density at radius 1 is 1.07 bits per heavy atom. The monoisotopic (exact) mass is 620 g/mol. The van der Waals surface area contributed by atoms with Crippen LogP contribution in [0.2, 0.25) is 0 Å². The first kappa shape index (κ1) is 30.2. The Bertz CT molecular complexity index is 1550. The van der Waals surface area contributed by atoms with E-state index < -0.39 is 17.7 Å². The molecular weight excluding hydrogens is 587 g/mol. The van der Waals surface area contributed by atoms with Gasteiger partial charge < -0.3 is 14.8 Å². The number of alkyl halides is 1. The highest BCUT2D eigenvalue weighted by molar-refractivity contribution is 9.10. The van der Waals surface area contributed by atoms with Crippen molar-refractivity contribution >= 4 is 38.7 Å². The Labute approximate surface area is 248 Å². The number of methoxy groups -OCH3 is 1. The number of hydrogen-bond donors (Lipinski definition) is 1. The normalized spacial score (nSPS) is 13.3. The maximum absolute atomic E-state index is 14.2. The summed E-state index contributed by atoms with van der Waals surface area (Å²) in [6.45, 7) is 5.62. The van der Waals surface area contributed by atoms with Crippen LogP contribution in [0, 0.1) is 6.92 Å². The highest BCUT2D eigenvalue weighted by Crippen LogP contribution is 2.36. The zero-order valence-electron chi connectivity index (χ0n) is 23.7. The molecule has 1 aromatic heterocycles. The van der Waals surface area contributed by atoms with Gasteiger partial charge in [-0.05, 0) is 43.2 Å². The summed E-state index contributed by atoms with van der Waals surface area (Å²) in [6.07, 6.45) is -1.16. The Hall–Kier alpha value is -3.78. The summed E-state index contributed by atoms with van der Waals surface area (Å²) in [5, 5.41) is 3.77. The van der Waals surface area contributed by atoms with Gasteiger partial charge in [-0.1, -0.05) is 78.3 Å². The molecule has 1 amide bonds. The number of hydrogen-bond acceptors (Lipinski definition) is 5. The predicted molar refractivity (Wildman–Crippen MR) is 163 cm³/mol. The van der Waals surface area contributed by atoms with Crippen molar-refractivity contribution in [1.29, 1.82) is 0 Å². The van der Waals surface area contributed by atoms with Crippen LogP contribution in [0.3, 0.4) is 0 Å². The lowest BCUT2D eigenvalue weighted by Gasteiger charge is -2.31. The van der Waals surface area contributed by atoms with Crippen molar-refractivity contribution in [3.63, 3.8) is 0 Å². The summed E-state index contributed by atoms with van der Waals surface area (Å²) >= 11 is 3.52. The van der Waals surface area contributed by atoms with Gasteiger partial charge in [-0.3, -0.25) is 9.59 Å². The van der Waals surface area contributed by atoms with Crippen LogP contribution >= 0.6 is 15.9 Å². The number of esters is 1. The van der Waals surface area contributed by atoms with Gasteiger partial charge in [-0.25, -0.2) is 9.37 Å². The van der Waals surface area contributed by atoms with E-state index in [0.717, 1.165) is 15.6 Å². The van der Waals surface area contributed by atoms with Gasteiger partial charge in [-0.15, -0.1) is 0 Å². The van der Waals surface area contributed by atoms with Gasteiger partial charge in [0.2, 0.25) is 6.36 Å². The topological polar surface area (TPSA) is 77.5 Å². The number of carbonyl (C=O) groups is 2. The molecule has 1 N–H and O–H groups in total. The number of halogens is 2. The van der Waals surface area contributed by atoms with Gasteiger partial charge in [0.25, 0.3) is 5.91 Å². The van der Waals surface area contributed by atoms with Crippen LogP contribution in [-0.4, -0.2) is 36.9 Å². The molecule has 8 heteroatoms. The van der Waals surface area contributed by atoms with Gasteiger partial charge >= 0.3 is 5.97 Å². The Morgan fingerprint density at radius 3 is 2.49 bits per heavy atom. The van der Waals surface area contributed by atoms with Gasteiger partial charge in [0.15, 0.2) is 0 Å². The van der Waals surface area contributed by atoms with Crippen molar-refractivity contribution in [2.24, 2.45) is 0 Å². The molecule has 0 bridgehead atoms. The molecule has 0 spiro atoms. The third-order valence-corrected chi connectivity index (χ3v) is 7.66. The van der Waals surface area contributed by atoms with Crippen LogP contribution in [-0.2, 0) is 14.9 Å².